The van der Waals surface area contributed by atoms with Crippen LogP contribution in [0, 0.1) is 5.92 Å². The molecule has 0 amide bonds. The lowest BCUT2D eigenvalue weighted by molar-refractivity contribution is -0.354. The Morgan fingerprint density at radius 2 is 1.41 bits per heavy atom. The number of hydrogen-bond donors (Lipinski definition) is 1. The zero-order valence-electron chi connectivity index (χ0n) is 20.5. The van der Waals surface area contributed by atoms with Crippen LogP contribution in [0.25, 0.3) is 0 Å². The SMILES string of the molecule is O=C(OC(OCCCC(F)(F)C(F)(F)S(=O)(=O)O)(C(=O)Oc1ccc(C(F)(F)F)cc1)C(F)(F)F)C1CCCCC1. The van der Waals surface area contributed by atoms with Crippen molar-refractivity contribution in [2.75, 3.05) is 6.61 Å². The highest BCUT2D eigenvalue weighted by molar-refractivity contribution is 7.87. The number of alkyl halides is 10. The molecule has 1 aliphatic carbocycles. The summed E-state index contributed by atoms with van der Waals surface area (Å²) in [4.78, 5) is 25.3. The third kappa shape index (κ3) is 8.00. The van der Waals surface area contributed by atoms with Gasteiger partial charge in [0.1, 0.15) is 5.75 Å². The zero-order chi connectivity index (χ0) is 31.5. The van der Waals surface area contributed by atoms with Crippen molar-refractivity contribution in [2.45, 2.75) is 74.3 Å². The highest BCUT2D eigenvalue weighted by atomic mass is 32.2. The molecule has 8 nitrogen and oxygen atoms in total. The fourth-order valence-corrected chi connectivity index (χ4v) is 4.16. The monoisotopic (exact) mass is 636 g/mol. The average molecular weight is 636 g/mol. The first kappa shape index (κ1) is 34.5. The number of rotatable bonds is 11. The number of carbonyl (C=O) groups excluding carboxylic acids is 2. The van der Waals surface area contributed by atoms with E-state index in [-0.39, 0.29) is 12.8 Å². The fraction of sp³-hybridized carbons (Fsp3) is 0.636. The van der Waals surface area contributed by atoms with E-state index in [4.69, 9.17) is 4.55 Å². The minimum absolute atomic E-state index is 0.0393. The normalized spacial score (nSPS) is 17.5. The molecule has 0 heterocycles. The van der Waals surface area contributed by atoms with Crippen LogP contribution in [-0.4, -0.2) is 54.7 Å². The summed E-state index contributed by atoms with van der Waals surface area (Å²) in [6, 6.07) is 1.57. The summed E-state index contributed by atoms with van der Waals surface area (Å²) in [7, 11) is -6.66. The van der Waals surface area contributed by atoms with Crippen LogP contribution in [-0.2, 0) is 35.4 Å². The molecule has 234 valence electrons. The van der Waals surface area contributed by atoms with Gasteiger partial charge in [-0.3, -0.25) is 9.35 Å². The van der Waals surface area contributed by atoms with Crippen molar-refractivity contribution in [3.8, 4) is 5.75 Å². The molecule has 1 N–H and O–H groups in total. The summed E-state index contributed by atoms with van der Waals surface area (Å²) in [6.45, 7) is -1.68. The molecule has 1 aromatic carbocycles. The Labute approximate surface area is 225 Å². The van der Waals surface area contributed by atoms with E-state index in [0.29, 0.717) is 43.5 Å². The van der Waals surface area contributed by atoms with Gasteiger partial charge in [-0.25, -0.2) is 4.79 Å². The van der Waals surface area contributed by atoms with Gasteiger partial charge in [0.15, 0.2) is 0 Å². The van der Waals surface area contributed by atoms with Crippen LogP contribution in [0.3, 0.4) is 0 Å². The Morgan fingerprint density at radius 1 is 0.878 bits per heavy atom. The molecule has 0 bridgehead atoms. The number of ether oxygens (including phenoxy) is 3. The summed E-state index contributed by atoms with van der Waals surface area (Å²) in [5.41, 5.74) is -1.28. The summed E-state index contributed by atoms with van der Waals surface area (Å²) < 4.78 is 178. The second-order valence-electron chi connectivity index (χ2n) is 8.93. The molecule has 41 heavy (non-hydrogen) atoms. The molecule has 0 aliphatic heterocycles. The van der Waals surface area contributed by atoms with E-state index in [0.717, 1.165) is 0 Å². The summed E-state index contributed by atoms with van der Waals surface area (Å²) in [6.07, 6.45) is -13.1. The molecule has 1 aliphatic rings. The molecular weight excluding hydrogens is 614 g/mol. The molecule has 0 radical (unpaired) electrons. The molecule has 1 saturated carbocycles. The van der Waals surface area contributed by atoms with E-state index >= 15 is 0 Å². The Kier molecular flexibility index (Phi) is 10.3. The van der Waals surface area contributed by atoms with Crippen molar-refractivity contribution in [3.05, 3.63) is 29.8 Å². The second-order valence-corrected chi connectivity index (χ2v) is 10.4. The molecule has 1 unspecified atom stereocenters. The van der Waals surface area contributed by atoms with E-state index in [1.165, 1.54) is 0 Å². The predicted octanol–water partition coefficient (Wildman–Crippen LogP) is 5.91. The van der Waals surface area contributed by atoms with E-state index in [1.807, 2.05) is 0 Å². The van der Waals surface area contributed by atoms with E-state index in [1.54, 1.807) is 0 Å². The maximum absolute atomic E-state index is 14.3. The third-order valence-corrected chi connectivity index (χ3v) is 6.85. The van der Waals surface area contributed by atoms with Crippen LogP contribution < -0.4 is 4.74 Å². The van der Waals surface area contributed by atoms with Crippen molar-refractivity contribution >= 4 is 22.1 Å². The standard InChI is InChI=1S/C22H22F10O8S/c23-18(24,22(31,32)41(35,36)37)11-4-12-38-19(21(28,29)30,40-16(33)13-5-2-1-3-6-13)17(34)39-15-9-7-14(8-10-15)20(25,26)27/h7-10,13H,1-6,11-12H2,(H,35,36,37). The number of halogens is 10. The molecule has 0 saturated heterocycles. The summed E-state index contributed by atoms with van der Waals surface area (Å²) >= 11 is 0. The first-order valence-corrected chi connectivity index (χ1v) is 13.0. The molecule has 19 heteroatoms. The lowest BCUT2D eigenvalue weighted by Gasteiger charge is -2.34. The van der Waals surface area contributed by atoms with Crippen molar-refractivity contribution in [1.82, 2.24) is 0 Å². The van der Waals surface area contributed by atoms with Crippen molar-refractivity contribution in [1.29, 1.82) is 0 Å². The van der Waals surface area contributed by atoms with Gasteiger partial charge in [-0.15, -0.1) is 0 Å². The molecule has 1 atom stereocenters. The number of hydrogen-bond acceptors (Lipinski definition) is 7. The molecule has 1 aromatic rings. The van der Waals surface area contributed by atoms with Crippen LogP contribution in [0.15, 0.2) is 24.3 Å². The van der Waals surface area contributed by atoms with Gasteiger partial charge < -0.3 is 14.2 Å². The third-order valence-electron chi connectivity index (χ3n) is 5.91. The predicted molar refractivity (Wildman–Crippen MR) is 115 cm³/mol. The number of esters is 2. The lowest BCUT2D eigenvalue weighted by Crippen LogP contribution is -2.59. The van der Waals surface area contributed by atoms with E-state index in [9.17, 15) is 61.9 Å². The van der Waals surface area contributed by atoms with Gasteiger partial charge in [-0.1, -0.05) is 19.3 Å². The van der Waals surface area contributed by atoms with Gasteiger partial charge in [0, 0.05) is 6.42 Å². The van der Waals surface area contributed by atoms with E-state index < -0.39 is 88.1 Å². The Bertz CT molecular complexity index is 1180. The summed E-state index contributed by atoms with van der Waals surface area (Å²) in [5.74, 6) is -16.5. The molecule has 2 rings (SSSR count). The number of benzene rings is 1. The molecule has 0 spiro atoms. The zero-order valence-corrected chi connectivity index (χ0v) is 21.4. The second kappa shape index (κ2) is 12.3. The van der Waals surface area contributed by atoms with Gasteiger partial charge in [-0.2, -0.15) is 52.3 Å². The van der Waals surface area contributed by atoms with Crippen molar-refractivity contribution in [2.24, 2.45) is 5.92 Å². The van der Waals surface area contributed by atoms with Crippen LogP contribution >= 0.6 is 0 Å². The summed E-state index contributed by atoms with van der Waals surface area (Å²) in [5, 5.41) is -6.05. The smallest absolute Gasteiger partial charge is 0.421 e. The topological polar surface area (TPSA) is 116 Å². The van der Waals surface area contributed by atoms with Gasteiger partial charge in [-0.05, 0) is 43.5 Å². The van der Waals surface area contributed by atoms with Gasteiger partial charge in [0.25, 0.3) is 0 Å². The van der Waals surface area contributed by atoms with Gasteiger partial charge in [0.05, 0.1) is 18.1 Å². The lowest BCUT2D eigenvalue weighted by atomic mass is 9.89. The fourth-order valence-electron chi connectivity index (χ4n) is 3.68. The maximum Gasteiger partial charge on any atom is 0.468 e. The Hall–Kier alpha value is -2.67. The molecular formula is C22H22F10O8S. The van der Waals surface area contributed by atoms with Gasteiger partial charge in [0.2, 0.25) is 0 Å². The molecule has 1 fully saturated rings. The number of carbonyl (C=O) groups is 2. The van der Waals surface area contributed by atoms with Crippen LogP contribution in [0.5, 0.6) is 5.75 Å². The quantitative estimate of drug-likeness (QED) is 0.0797. The largest absolute Gasteiger partial charge is 0.468 e. The molecule has 0 aromatic heterocycles. The van der Waals surface area contributed by atoms with Crippen LogP contribution in [0.1, 0.15) is 50.5 Å². The minimum atomic E-state index is -6.66. The minimum Gasteiger partial charge on any atom is -0.421 e. The van der Waals surface area contributed by atoms with Gasteiger partial charge >= 0.3 is 51.4 Å². The maximum atomic E-state index is 14.3. The van der Waals surface area contributed by atoms with Crippen molar-refractivity contribution in [3.63, 3.8) is 0 Å². The van der Waals surface area contributed by atoms with E-state index in [2.05, 4.69) is 14.2 Å². The highest BCUT2D eigenvalue weighted by Crippen LogP contribution is 2.43. The Balaban J connectivity index is 2.36. The highest BCUT2D eigenvalue weighted by Gasteiger charge is 2.69. The average Bonchev–Trinajstić information content (AvgIpc) is 2.84. The van der Waals surface area contributed by atoms with Crippen LogP contribution in [0.4, 0.5) is 43.9 Å². The van der Waals surface area contributed by atoms with Crippen molar-refractivity contribution < 1.29 is 80.7 Å². The first-order chi connectivity index (χ1) is 18.6. The first-order valence-electron chi connectivity index (χ1n) is 11.6. The Morgan fingerprint density at radius 3 is 1.88 bits per heavy atom. The van der Waals surface area contributed by atoms with Crippen LogP contribution in [0.2, 0.25) is 0 Å².